The van der Waals surface area contributed by atoms with E-state index >= 15 is 0 Å². The predicted octanol–water partition coefficient (Wildman–Crippen LogP) is 14.7. The quantitative estimate of drug-likeness (QED) is 0.172. The summed E-state index contributed by atoms with van der Waals surface area (Å²) in [5, 5.41) is 10.2. The maximum Gasteiger partial charge on any atom is 0.0640 e. The Bertz CT molecular complexity index is 3490. The molecular formula is C52H32N2S. The fraction of sp³-hybridized carbons (Fsp3) is 0. The molecule has 0 bridgehead atoms. The van der Waals surface area contributed by atoms with Gasteiger partial charge in [0.25, 0.3) is 0 Å². The summed E-state index contributed by atoms with van der Waals surface area (Å²) < 4.78 is 7.56. The molecule has 0 unspecified atom stereocenters. The van der Waals surface area contributed by atoms with Crippen LogP contribution in [0.25, 0.3) is 108 Å². The highest BCUT2D eigenvalue weighted by Crippen LogP contribution is 2.48. The van der Waals surface area contributed by atoms with E-state index in [1.165, 1.54) is 102 Å². The molecule has 9 aromatic carbocycles. The van der Waals surface area contributed by atoms with Crippen molar-refractivity contribution >= 4 is 85.9 Å². The summed E-state index contributed by atoms with van der Waals surface area (Å²) in [4.78, 5) is 0. The van der Waals surface area contributed by atoms with Crippen molar-refractivity contribution in [3.8, 4) is 33.6 Å². The Kier molecular flexibility index (Phi) is 6.54. The minimum absolute atomic E-state index is 1.16. The molecular weight excluding hydrogens is 685 g/mol. The number of thiophene rings is 1. The minimum atomic E-state index is 1.16. The van der Waals surface area contributed by atoms with Gasteiger partial charge in [0, 0.05) is 53.1 Å². The molecule has 3 heteroatoms. The van der Waals surface area contributed by atoms with Gasteiger partial charge in [-0.1, -0.05) is 133 Å². The molecule has 0 amide bonds. The number of aromatic nitrogens is 2. The Morgan fingerprint density at radius 3 is 1.87 bits per heavy atom. The monoisotopic (exact) mass is 716 g/mol. The highest BCUT2D eigenvalue weighted by molar-refractivity contribution is 7.26. The van der Waals surface area contributed by atoms with Crippen molar-refractivity contribution in [2.45, 2.75) is 0 Å². The van der Waals surface area contributed by atoms with Crippen molar-refractivity contribution in [1.29, 1.82) is 0 Å². The lowest BCUT2D eigenvalue weighted by molar-refractivity contribution is 1.18. The maximum atomic E-state index is 2.52. The molecule has 3 aromatic heterocycles. The first-order valence-corrected chi connectivity index (χ1v) is 19.7. The zero-order chi connectivity index (χ0) is 36.0. The lowest BCUT2D eigenvalue weighted by Crippen LogP contribution is -1.95. The van der Waals surface area contributed by atoms with Crippen LogP contribution in [-0.4, -0.2) is 9.13 Å². The number of benzene rings is 9. The summed E-state index contributed by atoms with van der Waals surface area (Å²) in [5.74, 6) is 0. The van der Waals surface area contributed by atoms with Crippen LogP contribution in [0.15, 0.2) is 194 Å². The highest BCUT2D eigenvalue weighted by Gasteiger charge is 2.23. The van der Waals surface area contributed by atoms with Gasteiger partial charge >= 0.3 is 0 Å². The second-order valence-electron chi connectivity index (χ2n) is 14.5. The zero-order valence-electron chi connectivity index (χ0n) is 29.8. The molecule has 0 saturated carbocycles. The number of nitrogens with zero attached hydrogens (tertiary/aromatic N) is 2. The van der Waals surface area contributed by atoms with Gasteiger partial charge in [-0.2, -0.15) is 0 Å². The Hall–Kier alpha value is -6.94. The van der Waals surface area contributed by atoms with E-state index in [-0.39, 0.29) is 0 Å². The first-order chi connectivity index (χ1) is 27.3. The molecule has 0 aliphatic rings. The Balaban J connectivity index is 1.17. The molecule has 0 fully saturated rings. The summed E-state index contributed by atoms with van der Waals surface area (Å²) in [6, 6.07) is 71.4. The van der Waals surface area contributed by atoms with Crippen molar-refractivity contribution < 1.29 is 0 Å². The van der Waals surface area contributed by atoms with Crippen molar-refractivity contribution in [3.05, 3.63) is 194 Å². The normalized spacial score (nSPS) is 12.0. The molecule has 55 heavy (non-hydrogen) atoms. The lowest BCUT2D eigenvalue weighted by Gasteiger charge is -2.13. The van der Waals surface area contributed by atoms with Gasteiger partial charge in [-0.05, 0) is 93.7 Å². The zero-order valence-corrected chi connectivity index (χ0v) is 30.6. The van der Waals surface area contributed by atoms with Gasteiger partial charge < -0.3 is 9.13 Å². The molecule has 0 radical (unpaired) electrons. The average Bonchev–Trinajstić information content (AvgIpc) is 3.91. The molecule has 12 aromatic rings. The predicted molar refractivity (Wildman–Crippen MR) is 236 cm³/mol. The lowest BCUT2D eigenvalue weighted by atomic mass is 9.96. The summed E-state index contributed by atoms with van der Waals surface area (Å²) in [6.07, 6.45) is 0. The van der Waals surface area contributed by atoms with Crippen LogP contribution in [0, 0.1) is 0 Å². The topological polar surface area (TPSA) is 9.86 Å². The molecule has 12 rings (SSSR count). The van der Waals surface area contributed by atoms with Gasteiger partial charge in [0.05, 0.1) is 22.1 Å². The van der Waals surface area contributed by atoms with E-state index in [4.69, 9.17) is 0 Å². The van der Waals surface area contributed by atoms with E-state index in [9.17, 15) is 0 Å². The largest absolute Gasteiger partial charge is 0.309 e. The van der Waals surface area contributed by atoms with Crippen molar-refractivity contribution in [2.75, 3.05) is 0 Å². The van der Waals surface area contributed by atoms with E-state index in [2.05, 4.69) is 203 Å². The average molecular weight is 717 g/mol. The van der Waals surface area contributed by atoms with Crippen LogP contribution >= 0.6 is 11.3 Å². The molecule has 256 valence electrons. The maximum absolute atomic E-state index is 2.52. The van der Waals surface area contributed by atoms with E-state index in [0.29, 0.717) is 0 Å². The van der Waals surface area contributed by atoms with Gasteiger partial charge in [0.1, 0.15) is 0 Å². The van der Waals surface area contributed by atoms with Crippen molar-refractivity contribution in [3.63, 3.8) is 0 Å². The third-order valence-electron chi connectivity index (χ3n) is 11.5. The Labute approximate surface area is 321 Å². The summed E-state index contributed by atoms with van der Waals surface area (Å²) in [5.41, 5.74) is 12.1. The third-order valence-corrected chi connectivity index (χ3v) is 12.6. The summed E-state index contributed by atoms with van der Waals surface area (Å²) >= 11 is 1.89. The van der Waals surface area contributed by atoms with Gasteiger partial charge in [0.15, 0.2) is 0 Å². The Morgan fingerprint density at radius 2 is 1.00 bits per heavy atom. The number of rotatable bonds is 4. The van der Waals surface area contributed by atoms with Crippen LogP contribution in [0.4, 0.5) is 0 Å². The van der Waals surface area contributed by atoms with Crippen molar-refractivity contribution in [1.82, 2.24) is 9.13 Å². The molecule has 0 N–H and O–H groups in total. The number of hydrogen-bond donors (Lipinski definition) is 0. The summed E-state index contributed by atoms with van der Waals surface area (Å²) in [6.45, 7) is 0. The van der Waals surface area contributed by atoms with Crippen LogP contribution in [0.3, 0.4) is 0 Å². The third kappa shape index (κ3) is 4.54. The van der Waals surface area contributed by atoms with Gasteiger partial charge in [-0.25, -0.2) is 0 Å². The highest BCUT2D eigenvalue weighted by atomic mass is 32.1. The Morgan fingerprint density at radius 1 is 0.327 bits per heavy atom. The van der Waals surface area contributed by atoms with Crippen LogP contribution < -0.4 is 0 Å². The standard InChI is InChI=1S/C52H32N2S/c1-2-13-33(14-3-1)36-17-12-18-38(29-36)53-45-22-9-6-19-40(45)44-31-37(26-28-47(44)53)43-32-49-51(42-21-8-11-24-48(42)55-49)52-50(43)41-20-7-10-23-46(41)54(52)39-27-25-34-15-4-5-16-35(34)30-39/h1-32H. The number of hydrogen-bond acceptors (Lipinski definition) is 1. The molecule has 0 atom stereocenters. The van der Waals surface area contributed by atoms with Crippen LogP contribution in [0.5, 0.6) is 0 Å². The molecule has 0 saturated heterocycles. The van der Waals surface area contributed by atoms with Crippen LogP contribution in [0.1, 0.15) is 0 Å². The van der Waals surface area contributed by atoms with Crippen LogP contribution in [0.2, 0.25) is 0 Å². The minimum Gasteiger partial charge on any atom is -0.309 e. The molecule has 0 aliphatic carbocycles. The first-order valence-electron chi connectivity index (χ1n) is 18.8. The van der Waals surface area contributed by atoms with E-state index in [0.717, 1.165) is 5.69 Å². The SMILES string of the molecule is c1ccc(-c2cccc(-n3c4ccccc4c4cc(-c5cc6sc7ccccc7c6c6c5c5ccccc5n6-c5ccc6ccccc6c5)ccc43)c2)cc1. The van der Waals surface area contributed by atoms with E-state index < -0.39 is 0 Å². The fourth-order valence-corrected chi connectivity index (χ4v) is 10.2. The van der Waals surface area contributed by atoms with Gasteiger partial charge in [0.2, 0.25) is 0 Å². The fourth-order valence-electron chi connectivity index (χ4n) is 9.05. The second-order valence-corrected chi connectivity index (χ2v) is 15.6. The van der Waals surface area contributed by atoms with Crippen molar-refractivity contribution in [2.24, 2.45) is 0 Å². The summed E-state index contributed by atoms with van der Waals surface area (Å²) in [7, 11) is 0. The van der Waals surface area contributed by atoms with E-state index in [1.54, 1.807) is 0 Å². The smallest absolute Gasteiger partial charge is 0.0640 e. The number of para-hydroxylation sites is 2. The van der Waals surface area contributed by atoms with E-state index in [1.807, 2.05) is 11.3 Å². The second kappa shape index (κ2) is 11.8. The molecule has 2 nitrogen and oxygen atoms in total. The number of fused-ring (bicyclic) bond motifs is 11. The van der Waals surface area contributed by atoms with Crippen LogP contribution in [-0.2, 0) is 0 Å². The molecule has 3 heterocycles. The van der Waals surface area contributed by atoms with Gasteiger partial charge in [-0.3, -0.25) is 0 Å². The first kappa shape index (κ1) is 30.5. The molecule has 0 aliphatic heterocycles. The molecule has 0 spiro atoms. The van der Waals surface area contributed by atoms with Gasteiger partial charge in [-0.15, -0.1) is 11.3 Å².